The summed E-state index contributed by atoms with van der Waals surface area (Å²) in [7, 11) is 3.44. The minimum atomic E-state index is 0.352. The van der Waals surface area contributed by atoms with E-state index in [-0.39, 0.29) is 0 Å². The van der Waals surface area contributed by atoms with E-state index in [9.17, 15) is 0 Å². The van der Waals surface area contributed by atoms with Crippen LogP contribution in [-0.2, 0) is 11.3 Å². The molecule has 1 saturated carbocycles. The van der Waals surface area contributed by atoms with Crippen molar-refractivity contribution in [1.29, 1.82) is 0 Å². The van der Waals surface area contributed by atoms with Gasteiger partial charge in [0.2, 0.25) is 5.88 Å². The van der Waals surface area contributed by atoms with E-state index < -0.39 is 0 Å². The number of aromatic nitrogens is 1. The Labute approximate surface area is 109 Å². The third-order valence-corrected chi connectivity index (χ3v) is 3.58. The smallest absolute Gasteiger partial charge is 0.212 e. The predicted octanol–water partition coefficient (Wildman–Crippen LogP) is 2.14. The first-order valence-corrected chi connectivity index (χ1v) is 6.58. The van der Waals surface area contributed by atoms with Gasteiger partial charge in [0, 0.05) is 32.0 Å². The summed E-state index contributed by atoms with van der Waals surface area (Å²) in [5.41, 5.74) is 1.18. The second-order valence-corrected chi connectivity index (χ2v) is 4.75. The van der Waals surface area contributed by atoms with Crippen molar-refractivity contribution in [2.75, 3.05) is 14.2 Å². The molecule has 0 saturated heterocycles. The fourth-order valence-electron chi connectivity index (χ4n) is 2.50. The highest BCUT2D eigenvalue weighted by molar-refractivity contribution is 5.17. The molecule has 1 aromatic heterocycles. The SMILES string of the molecule is COc1ccc(CNC2CCCCC2OC)cn1. The zero-order valence-corrected chi connectivity index (χ0v) is 11.2. The maximum Gasteiger partial charge on any atom is 0.212 e. The Kier molecular flexibility index (Phi) is 4.96. The van der Waals surface area contributed by atoms with Crippen molar-refractivity contribution in [2.24, 2.45) is 0 Å². The lowest BCUT2D eigenvalue weighted by atomic mass is 9.92. The molecule has 1 fully saturated rings. The summed E-state index contributed by atoms with van der Waals surface area (Å²) in [5.74, 6) is 0.659. The van der Waals surface area contributed by atoms with Crippen LogP contribution >= 0.6 is 0 Å². The van der Waals surface area contributed by atoms with E-state index in [0.29, 0.717) is 18.0 Å². The van der Waals surface area contributed by atoms with Crippen LogP contribution in [0.25, 0.3) is 0 Å². The van der Waals surface area contributed by atoms with E-state index in [2.05, 4.69) is 10.3 Å². The largest absolute Gasteiger partial charge is 0.481 e. The van der Waals surface area contributed by atoms with E-state index in [0.717, 1.165) is 13.0 Å². The number of pyridine rings is 1. The molecule has 1 heterocycles. The molecule has 2 unspecified atom stereocenters. The monoisotopic (exact) mass is 250 g/mol. The third-order valence-electron chi connectivity index (χ3n) is 3.58. The van der Waals surface area contributed by atoms with Crippen molar-refractivity contribution in [3.8, 4) is 5.88 Å². The Morgan fingerprint density at radius 1 is 1.28 bits per heavy atom. The van der Waals surface area contributed by atoms with Gasteiger partial charge in [0.05, 0.1) is 13.2 Å². The molecule has 0 spiro atoms. The lowest BCUT2D eigenvalue weighted by molar-refractivity contribution is 0.0413. The number of rotatable bonds is 5. The van der Waals surface area contributed by atoms with Crippen molar-refractivity contribution < 1.29 is 9.47 Å². The highest BCUT2D eigenvalue weighted by Crippen LogP contribution is 2.21. The second kappa shape index (κ2) is 6.71. The van der Waals surface area contributed by atoms with Crippen LogP contribution in [0.15, 0.2) is 18.3 Å². The molecule has 0 amide bonds. The Hall–Kier alpha value is -1.13. The number of methoxy groups -OCH3 is 2. The number of nitrogens with zero attached hydrogens (tertiary/aromatic N) is 1. The second-order valence-electron chi connectivity index (χ2n) is 4.75. The van der Waals surface area contributed by atoms with Crippen LogP contribution in [0.1, 0.15) is 31.2 Å². The van der Waals surface area contributed by atoms with Crippen LogP contribution in [0.5, 0.6) is 5.88 Å². The van der Waals surface area contributed by atoms with Gasteiger partial charge in [-0.15, -0.1) is 0 Å². The van der Waals surface area contributed by atoms with Gasteiger partial charge in [-0.05, 0) is 18.4 Å². The lowest BCUT2D eigenvalue weighted by Crippen LogP contribution is -2.42. The van der Waals surface area contributed by atoms with E-state index in [4.69, 9.17) is 9.47 Å². The van der Waals surface area contributed by atoms with E-state index in [1.165, 1.54) is 24.8 Å². The zero-order valence-electron chi connectivity index (χ0n) is 11.2. The number of hydrogen-bond donors (Lipinski definition) is 1. The summed E-state index contributed by atoms with van der Waals surface area (Å²) in [6.45, 7) is 0.835. The molecule has 2 atom stereocenters. The molecule has 1 N–H and O–H groups in total. The molecule has 0 radical (unpaired) electrons. The molecule has 0 aliphatic heterocycles. The van der Waals surface area contributed by atoms with Crippen molar-refractivity contribution in [2.45, 2.75) is 44.4 Å². The minimum absolute atomic E-state index is 0.352. The Morgan fingerprint density at radius 3 is 2.78 bits per heavy atom. The van der Waals surface area contributed by atoms with Gasteiger partial charge in [0.1, 0.15) is 0 Å². The highest BCUT2D eigenvalue weighted by atomic mass is 16.5. The fraction of sp³-hybridized carbons (Fsp3) is 0.643. The van der Waals surface area contributed by atoms with Gasteiger partial charge in [0.15, 0.2) is 0 Å². The average Bonchev–Trinajstić information content (AvgIpc) is 2.46. The van der Waals surface area contributed by atoms with Crippen molar-refractivity contribution in [1.82, 2.24) is 10.3 Å². The van der Waals surface area contributed by atoms with Gasteiger partial charge in [-0.3, -0.25) is 0 Å². The van der Waals surface area contributed by atoms with Crippen LogP contribution < -0.4 is 10.1 Å². The molecule has 100 valence electrons. The molecule has 1 aromatic rings. The van der Waals surface area contributed by atoms with Gasteiger partial charge in [-0.25, -0.2) is 4.98 Å². The van der Waals surface area contributed by atoms with Crippen LogP contribution in [0.4, 0.5) is 0 Å². The van der Waals surface area contributed by atoms with Crippen molar-refractivity contribution >= 4 is 0 Å². The summed E-state index contributed by atoms with van der Waals surface area (Å²) in [6.07, 6.45) is 7.14. The fourth-order valence-corrected chi connectivity index (χ4v) is 2.50. The van der Waals surface area contributed by atoms with Gasteiger partial charge in [-0.1, -0.05) is 18.9 Å². The van der Waals surface area contributed by atoms with E-state index in [1.54, 1.807) is 14.2 Å². The standard InChI is InChI=1S/C14H22N2O2/c1-17-13-6-4-3-5-12(13)15-9-11-7-8-14(18-2)16-10-11/h7-8,10,12-13,15H,3-6,9H2,1-2H3. The van der Waals surface area contributed by atoms with Crippen LogP contribution in [0.3, 0.4) is 0 Å². The summed E-state index contributed by atoms with van der Waals surface area (Å²) in [4.78, 5) is 4.21. The number of nitrogens with one attached hydrogen (secondary N) is 1. The normalized spacial score (nSPS) is 23.9. The molecule has 0 bridgehead atoms. The molecule has 4 nitrogen and oxygen atoms in total. The first-order valence-electron chi connectivity index (χ1n) is 6.58. The summed E-state index contributed by atoms with van der Waals surface area (Å²) >= 11 is 0. The topological polar surface area (TPSA) is 43.4 Å². The van der Waals surface area contributed by atoms with Gasteiger partial charge < -0.3 is 14.8 Å². The molecule has 2 rings (SSSR count). The molecule has 1 aliphatic rings. The Morgan fingerprint density at radius 2 is 2.11 bits per heavy atom. The maximum atomic E-state index is 5.53. The third kappa shape index (κ3) is 3.43. The number of hydrogen-bond acceptors (Lipinski definition) is 4. The zero-order chi connectivity index (χ0) is 12.8. The van der Waals surface area contributed by atoms with Gasteiger partial charge in [-0.2, -0.15) is 0 Å². The Bertz CT molecular complexity index is 353. The quantitative estimate of drug-likeness (QED) is 0.869. The van der Waals surface area contributed by atoms with Crippen molar-refractivity contribution in [3.05, 3.63) is 23.9 Å². The minimum Gasteiger partial charge on any atom is -0.481 e. The van der Waals surface area contributed by atoms with Crippen LogP contribution in [0.2, 0.25) is 0 Å². The van der Waals surface area contributed by atoms with Gasteiger partial charge in [0.25, 0.3) is 0 Å². The number of ether oxygens (including phenoxy) is 2. The molecule has 1 aliphatic carbocycles. The Balaban J connectivity index is 1.85. The first kappa shape index (κ1) is 13.3. The first-order chi connectivity index (χ1) is 8.83. The molecule has 4 heteroatoms. The van der Waals surface area contributed by atoms with Gasteiger partial charge >= 0.3 is 0 Å². The molecular weight excluding hydrogens is 228 g/mol. The summed E-state index contributed by atoms with van der Waals surface area (Å²) in [5, 5.41) is 3.57. The van der Waals surface area contributed by atoms with E-state index in [1.807, 2.05) is 18.3 Å². The summed E-state index contributed by atoms with van der Waals surface area (Å²) in [6, 6.07) is 4.40. The molecule has 0 aromatic carbocycles. The summed E-state index contributed by atoms with van der Waals surface area (Å²) < 4.78 is 10.6. The maximum absolute atomic E-state index is 5.53. The van der Waals surface area contributed by atoms with Crippen molar-refractivity contribution in [3.63, 3.8) is 0 Å². The molecular formula is C14H22N2O2. The average molecular weight is 250 g/mol. The van der Waals surface area contributed by atoms with E-state index >= 15 is 0 Å². The molecule has 18 heavy (non-hydrogen) atoms. The lowest BCUT2D eigenvalue weighted by Gasteiger charge is -2.31. The highest BCUT2D eigenvalue weighted by Gasteiger charge is 2.24. The van der Waals surface area contributed by atoms with Crippen LogP contribution in [0, 0.1) is 0 Å². The van der Waals surface area contributed by atoms with Crippen LogP contribution in [-0.4, -0.2) is 31.3 Å². The predicted molar refractivity (Wildman–Crippen MR) is 70.7 cm³/mol.